The monoisotopic (exact) mass is 274 g/mol. The molecule has 19 heavy (non-hydrogen) atoms. The minimum absolute atomic E-state index is 0.0481. The van der Waals surface area contributed by atoms with E-state index in [2.05, 4.69) is 5.32 Å². The topological polar surface area (TPSA) is 58.2 Å². The lowest BCUT2D eigenvalue weighted by Gasteiger charge is -2.08. The number of rotatable bonds is 5. The molecule has 0 aliphatic carbocycles. The van der Waals surface area contributed by atoms with Crippen molar-refractivity contribution in [3.8, 4) is 0 Å². The molecule has 2 amide bonds. The molecule has 0 atom stereocenters. The average molecular weight is 274 g/mol. The minimum atomic E-state index is -4.89. The van der Waals surface area contributed by atoms with Gasteiger partial charge in [0.2, 0.25) is 5.91 Å². The van der Waals surface area contributed by atoms with Gasteiger partial charge in [0.1, 0.15) is 0 Å². The number of alkyl halides is 3. The summed E-state index contributed by atoms with van der Waals surface area (Å²) in [6.07, 6.45) is -4.75. The lowest BCUT2D eigenvalue weighted by Crippen LogP contribution is -2.41. The first kappa shape index (κ1) is 15.0. The predicted molar refractivity (Wildman–Crippen MR) is 62.2 cm³/mol. The van der Waals surface area contributed by atoms with Crippen LogP contribution in [-0.2, 0) is 16.0 Å². The van der Waals surface area contributed by atoms with E-state index in [1.54, 1.807) is 29.6 Å². The van der Waals surface area contributed by atoms with E-state index in [0.717, 1.165) is 5.56 Å². The van der Waals surface area contributed by atoms with Crippen LogP contribution in [0.1, 0.15) is 5.56 Å². The summed E-state index contributed by atoms with van der Waals surface area (Å²) in [4.78, 5) is 21.9. The van der Waals surface area contributed by atoms with E-state index < -0.39 is 12.1 Å². The highest BCUT2D eigenvalue weighted by molar-refractivity contribution is 5.82. The summed E-state index contributed by atoms with van der Waals surface area (Å²) >= 11 is 0. The van der Waals surface area contributed by atoms with Gasteiger partial charge in [-0.05, 0) is 5.56 Å². The van der Waals surface area contributed by atoms with Crippen LogP contribution in [-0.4, -0.2) is 31.1 Å². The molecular formula is C12H13F3N2O2. The summed E-state index contributed by atoms with van der Waals surface area (Å²) in [6.45, 7) is -0.313. The maximum absolute atomic E-state index is 11.8. The fourth-order valence-corrected chi connectivity index (χ4v) is 1.32. The second kappa shape index (κ2) is 6.77. The number of halogens is 3. The minimum Gasteiger partial charge on any atom is -0.354 e. The Bertz CT molecular complexity index is 432. The molecule has 0 saturated carbocycles. The Balaban J connectivity index is 2.20. The van der Waals surface area contributed by atoms with Gasteiger partial charge in [0.25, 0.3) is 0 Å². The SMILES string of the molecule is O=C(Cc1ccccc1)NCCNC(=O)C(F)(F)F. The molecule has 0 fully saturated rings. The molecule has 1 rings (SSSR count). The zero-order chi connectivity index (χ0) is 14.3. The highest BCUT2D eigenvalue weighted by Gasteiger charge is 2.38. The second-order valence-corrected chi connectivity index (χ2v) is 3.77. The number of hydrogen-bond donors (Lipinski definition) is 2. The van der Waals surface area contributed by atoms with Crippen LogP contribution in [0.3, 0.4) is 0 Å². The van der Waals surface area contributed by atoms with Crippen molar-refractivity contribution in [2.45, 2.75) is 12.6 Å². The third-order valence-electron chi connectivity index (χ3n) is 2.20. The third kappa shape index (κ3) is 5.89. The molecule has 0 spiro atoms. The number of nitrogens with one attached hydrogen (secondary N) is 2. The first-order valence-corrected chi connectivity index (χ1v) is 5.55. The second-order valence-electron chi connectivity index (χ2n) is 3.77. The van der Waals surface area contributed by atoms with Crippen LogP contribution < -0.4 is 10.6 Å². The standard InChI is InChI=1S/C12H13F3N2O2/c13-12(14,15)11(19)17-7-6-16-10(18)8-9-4-2-1-3-5-9/h1-5H,6-8H2,(H,16,18)(H,17,19). The summed E-state index contributed by atoms with van der Waals surface area (Å²) in [6, 6.07) is 8.92. The highest BCUT2D eigenvalue weighted by atomic mass is 19.4. The van der Waals surface area contributed by atoms with Crippen molar-refractivity contribution >= 4 is 11.8 Å². The average Bonchev–Trinajstić information content (AvgIpc) is 2.34. The number of amides is 2. The zero-order valence-corrected chi connectivity index (χ0v) is 9.96. The first-order chi connectivity index (χ1) is 8.89. The smallest absolute Gasteiger partial charge is 0.354 e. The summed E-state index contributed by atoms with van der Waals surface area (Å²) in [5.41, 5.74) is 0.805. The zero-order valence-electron chi connectivity index (χ0n) is 9.96. The van der Waals surface area contributed by atoms with Gasteiger partial charge in [0.05, 0.1) is 6.42 Å². The molecule has 7 heteroatoms. The molecule has 4 nitrogen and oxygen atoms in total. The summed E-state index contributed by atoms with van der Waals surface area (Å²) in [7, 11) is 0. The van der Waals surface area contributed by atoms with E-state index in [0.29, 0.717) is 0 Å². The third-order valence-corrected chi connectivity index (χ3v) is 2.20. The highest BCUT2D eigenvalue weighted by Crippen LogP contribution is 2.13. The number of hydrogen-bond acceptors (Lipinski definition) is 2. The van der Waals surface area contributed by atoms with Gasteiger partial charge in [0.15, 0.2) is 0 Å². The number of benzene rings is 1. The van der Waals surface area contributed by atoms with Crippen molar-refractivity contribution in [2.24, 2.45) is 0 Å². The van der Waals surface area contributed by atoms with Gasteiger partial charge in [-0.2, -0.15) is 13.2 Å². The molecule has 0 heterocycles. The maximum Gasteiger partial charge on any atom is 0.471 e. The van der Waals surface area contributed by atoms with E-state index in [1.165, 1.54) is 0 Å². The van der Waals surface area contributed by atoms with Crippen molar-refractivity contribution in [3.05, 3.63) is 35.9 Å². The Hall–Kier alpha value is -2.05. The van der Waals surface area contributed by atoms with E-state index in [9.17, 15) is 22.8 Å². The van der Waals surface area contributed by atoms with Crippen molar-refractivity contribution in [3.63, 3.8) is 0 Å². The van der Waals surface area contributed by atoms with Crippen LogP contribution in [0.2, 0.25) is 0 Å². The molecular weight excluding hydrogens is 261 g/mol. The summed E-state index contributed by atoms with van der Waals surface area (Å²) < 4.78 is 35.5. The molecule has 1 aromatic rings. The number of carbonyl (C=O) groups excluding carboxylic acids is 2. The lowest BCUT2D eigenvalue weighted by atomic mass is 10.1. The van der Waals surface area contributed by atoms with Crippen molar-refractivity contribution in [2.75, 3.05) is 13.1 Å². The van der Waals surface area contributed by atoms with Gasteiger partial charge >= 0.3 is 12.1 Å². The Morgan fingerprint density at radius 1 is 1.00 bits per heavy atom. The van der Waals surface area contributed by atoms with Crippen LogP contribution in [0.5, 0.6) is 0 Å². The Kier molecular flexibility index (Phi) is 5.35. The molecule has 0 aromatic heterocycles. The largest absolute Gasteiger partial charge is 0.471 e. The van der Waals surface area contributed by atoms with Crippen molar-refractivity contribution in [1.29, 1.82) is 0 Å². The molecule has 0 aliphatic rings. The van der Waals surface area contributed by atoms with Crippen LogP contribution in [0.4, 0.5) is 13.2 Å². The molecule has 0 radical (unpaired) electrons. The van der Waals surface area contributed by atoms with Gasteiger partial charge in [0, 0.05) is 13.1 Å². The van der Waals surface area contributed by atoms with E-state index in [4.69, 9.17) is 0 Å². The molecule has 0 saturated heterocycles. The van der Waals surface area contributed by atoms with Crippen LogP contribution in [0.15, 0.2) is 30.3 Å². The van der Waals surface area contributed by atoms with Gasteiger partial charge in [-0.3, -0.25) is 9.59 Å². The van der Waals surface area contributed by atoms with Crippen molar-refractivity contribution < 1.29 is 22.8 Å². The Morgan fingerprint density at radius 3 is 2.16 bits per heavy atom. The molecule has 0 unspecified atom stereocenters. The molecule has 0 aliphatic heterocycles. The fraction of sp³-hybridized carbons (Fsp3) is 0.333. The van der Waals surface area contributed by atoms with E-state index >= 15 is 0 Å². The molecule has 0 bridgehead atoms. The Morgan fingerprint density at radius 2 is 1.58 bits per heavy atom. The maximum atomic E-state index is 11.8. The normalized spacial score (nSPS) is 10.9. The van der Waals surface area contributed by atoms with Gasteiger partial charge < -0.3 is 10.6 Å². The van der Waals surface area contributed by atoms with Gasteiger partial charge in [-0.25, -0.2) is 0 Å². The fourth-order valence-electron chi connectivity index (χ4n) is 1.32. The molecule has 104 valence electrons. The predicted octanol–water partition coefficient (Wildman–Crippen LogP) is 1.02. The van der Waals surface area contributed by atoms with Crippen LogP contribution >= 0.6 is 0 Å². The lowest BCUT2D eigenvalue weighted by molar-refractivity contribution is -0.173. The summed E-state index contributed by atoms with van der Waals surface area (Å²) in [5, 5.41) is 4.08. The van der Waals surface area contributed by atoms with Gasteiger partial charge in [-0.1, -0.05) is 30.3 Å². The summed E-state index contributed by atoms with van der Waals surface area (Å²) in [5.74, 6) is -2.32. The van der Waals surface area contributed by atoms with Crippen LogP contribution in [0, 0.1) is 0 Å². The molecule has 1 aromatic carbocycles. The molecule has 2 N–H and O–H groups in total. The van der Waals surface area contributed by atoms with E-state index in [-0.39, 0.29) is 25.4 Å². The van der Waals surface area contributed by atoms with Crippen LogP contribution in [0.25, 0.3) is 0 Å². The van der Waals surface area contributed by atoms with Crippen molar-refractivity contribution in [1.82, 2.24) is 10.6 Å². The number of carbonyl (C=O) groups is 2. The van der Waals surface area contributed by atoms with Gasteiger partial charge in [-0.15, -0.1) is 0 Å². The van der Waals surface area contributed by atoms with E-state index in [1.807, 2.05) is 6.07 Å². The first-order valence-electron chi connectivity index (χ1n) is 5.55. The Labute approximate surface area is 108 Å². The quantitative estimate of drug-likeness (QED) is 0.788.